The van der Waals surface area contributed by atoms with Crippen molar-refractivity contribution in [3.8, 4) is 5.69 Å². The van der Waals surface area contributed by atoms with Crippen LogP contribution in [-0.2, 0) is 11.2 Å². The number of piperazine rings is 1. The number of carbonyl (C=O) groups is 1. The van der Waals surface area contributed by atoms with Gasteiger partial charge in [-0.15, -0.1) is 10.2 Å². The zero-order valence-corrected chi connectivity index (χ0v) is 22.1. The first kappa shape index (κ1) is 24.7. The van der Waals surface area contributed by atoms with Crippen molar-refractivity contribution >= 4 is 17.2 Å². The van der Waals surface area contributed by atoms with Crippen molar-refractivity contribution in [1.29, 1.82) is 0 Å². The number of aromatic nitrogens is 4. The largest absolute Gasteiger partial charge is 0.368 e. The number of carbonyl (C=O) groups excluding carboxylic acids is 1. The minimum absolute atomic E-state index is 0.173. The predicted molar refractivity (Wildman–Crippen MR) is 146 cm³/mol. The van der Waals surface area contributed by atoms with Crippen molar-refractivity contribution in [3.05, 3.63) is 87.2 Å². The average molecular weight is 499 g/mol. The normalized spacial score (nSPS) is 13.9. The maximum Gasteiger partial charge on any atom is 0.300 e. The Morgan fingerprint density at radius 3 is 2.43 bits per heavy atom. The van der Waals surface area contributed by atoms with Crippen LogP contribution in [0.3, 0.4) is 0 Å². The minimum atomic E-state index is -0.206. The maximum absolute atomic E-state index is 13.1. The highest BCUT2D eigenvalue weighted by atomic mass is 16.2. The Kier molecular flexibility index (Phi) is 6.82. The van der Waals surface area contributed by atoms with Crippen molar-refractivity contribution in [2.45, 2.75) is 47.0 Å². The molecule has 0 bridgehead atoms. The molecule has 1 saturated heterocycles. The average Bonchev–Trinajstić information content (AvgIpc) is 3.31. The highest BCUT2D eigenvalue weighted by Crippen LogP contribution is 2.24. The number of hydrogen-bond donors (Lipinski definition) is 0. The monoisotopic (exact) mass is 498 g/mol. The lowest BCUT2D eigenvalue weighted by Crippen LogP contribution is -2.49. The highest BCUT2D eigenvalue weighted by molar-refractivity contribution is 5.76. The summed E-state index contributed by atoms with van der Waals surface area (Å²) < 4.78 is 3.34. The van der Waals surface area contributed by atoms with E-state index in [1.807, 2.05) is 43.1 Å². The van der Waals surface area contributed by atoms with Crippen LogP contribution in [0.4, 0.5) is 5.69 Å². The molecule has 37 heavy (non-hydrogen) atoms. The third kappa shape index (κ3) is 4.88. The van der Waals surface area contributed by atoms with Gasteiger partial charge in [-0.25, -0.2) is 0 Å². The molecule has 2 aromatic heterocycles. The third-order valence-electron chi connectivity index (χ3n) is 7.65. The molecule has 2 aromatic carbocycles. The van der Waals surface area contributed by atoms with Crippen LogP contribution < -0.4 is 10.5 Å². The summed E-state index contributed by atoms with van der Waals surface area (Å²) in [5, 5.41) is 8.42. The van der Waals surface area contributed by atoms with Gasteiger partial charge in [0.25, 0.3) is 0 Å². The second-order valence-corrected chi connectivity index (χ2v) is 9.99. The zero-order valence-electron chi connectivity index (χ0n) is 22.1. The molecule has 8 heteroatoms. The van der Waals surface area contributed by atoms with Crippen LogP contribution in [-0.4, -0.2) is 56.2 Å². The summed E-state index contributed by atoms with van der Waals surface area (Å²) >= 11 is 0. The van der Waals surface area contributed by atoms with Gasteiger partial charge in [0.1, 0.15) is 5.82 Å². The number of fused-ring (bicyclic) bond motifs is 1. The Balaban J connectivity index is 1.19. The van der Waals surface area contributed by atoms with Crippen LogP contribution >= 0.6 is 0 Å². The lowest BCUT2D eigenvalue weighted by atomic mass is 10.1. The summed E-state index contributed by atoms with van der Waals surface area (Å²) in [6.45, 7) is 11.5. The third-order valence-corrected chi connectivity index (χ3v) is 7.65. The maximum atomic E-state index is 13.1. The van der Waals surface area contributed by atoms with E-state index in [0.29, 0.717) is 30.7 Å². The van der Waals surface area contributed by atoms with E-state index < -0.39 is 0 Å². The van der Waals surface area contributed by atoms with E-state index in [4.69, 9.17) is 0 Å². The summed E-state index contributed by atoms with van der Waals surface area (Å²) in [7, 11) is 0. The first-order valence-corrected chi connectivity index (χ1v) is 13.0. The molecule has 5 rings (SSSR count). The van der Waals surface area contributed by atoms with Crippen LogP contribution in [0.2, 0.25) is 0 Å². The highest BCUT2D eigenvalue weighted by Gasteiger charge is 2.22. The molecule has 3 heterocycles. The van der Waals surface area contributed by atoms with Crippen LogP contribution in [0.1, 0.15) is 40.9 Å². The smallest absolute Gasteiger partial charge is 0.300 e. The van der Waals surface area contributed by atoms with Gasteiger partial charge in [-0.1, -0.05) is 18.2 Å². The fourth-order valence-electron chi connectivity index (χ4n) is 5.01. The lowest BCUT2D eigenvalue weighted by Gasteiger charge is -2.37. The van der Waals surface area contributed by atoms with Gasteiger partial charge < -0.3 is 9.80 Å². The van der Waals surface area contributed by atoms with Crippen LogP contribution in [0.25, 0.3) is 11.3 Å². The Bertz CT molecular complexity index is 1510. The molecule has 192 valence electrons. The summed E-state index contributed by atoms with van der Waals surface area (Å²) in [4.78, 5) is 30.3. The van der Waals surface area contributed by atoms with Gasteiger partial charge in [-0.2, -0.15) is 0 Å². The number of benzene rings is 2. The van der Waals surface area contributed by atoms with Crippen LogP contribution in [0.5, 0.6) is 0 Å². The van der Waals surface area contributed by atoms with E-state index in [1.54, 1.807) is 15.2 Å². The number of rotatable bonds is 6. The molecule has 0 atom stereocenters. The van der Waals surface area contributed by atoms with Gasteiger partial charge in [0.2, 0.25) is 11.6 Å². The van der Waals surface area contributed by atoms with E-state index in [9.17, 15) is 9.59 Å². The SMILES string of the molecule is Cc1ccc(-n2ccn3c(CCCC(=O)N4CCN(c5cccc(C)c5C)CC4)nnc3c2=O)cc1C. The summed E-state index contributed by atoms with van der Waals surface area (Å²) in [5.74, 6) is 0.874. The number of nitrogens with zero attached hydrogens (tertiary/aromatic N) is 6. The molecule has 0 N–H and O–H groups in total. The molecule has 0 aliphatic carbocycles. The topological polar surface area (TPSA) is 75.7 Å². The van der Waals surface area contributed by atoms with Crippen molar-refractivity contribution in [1.82, 2.24) is 24.1 Å². The fraction of sp³-hybridized carbons (Fsp3) is 0.379. The van der Waals surface area contributed by atoms with Gasteiger partial charge in [0.05, 0.1) is 0 Å². The van der Waals surface area contributed by atoms with E-state index in [2.05, 4.69) is 47.1 Å². The summed E-state index contributed by atoms with van der Waals surface area (Å²) in [6.07, 6.45) is 5.29. The standard InChI is InChI=1S/C29H34N6O2/c1-20-11-12-24(19-22(20)3)34-17-18-35-26(30-31-28(35)29(34)37)9-6-10-27(36)33-15-13-32(14-16-33)25-8-5-7-21(2)23(25)4/h5,7-8,11-12,17-19H,6,9-10,13-16H2,1-4H3. The van der Waals surface area contributed by atoms with E-state index in [1.165, 1.54) is 22.4 Å². The fourth-order valence-corrected chi connectivity index (χ4v) is 5.01. The molecular formula is C29H34N6O2. The Morgan fingerprint density at radius 1 is 0.892 bits per heavy atom. The molecule has 4 aromatic rings. The van der Waals surface area contributed by atoms with Crippen LogP contribution in [0, 0.1) is 27.7 Å². The van der Waals surface area contributed by atoms with Gasteiger partial charge >= 0.3 is 5.56 Å². The second-order valence-electron chi connectivity index (χ2n) is 9.99. The number of amides is 1. The zero-order chi connectivity index (χ0) is 26.1. The van der Waals surface area contributed by atoms with Crippen LogP contribution in [0.15, 0.2) is 53.6 Å². The number of aryl methyl sites for hydroxylation is 4. The van der Waals surface area contributed by atoms with Gasteiger partial charge in [-0.3, -0.25) is 18.6 Å². The number of hydrogen-bond acceptors (Lipinski definition) is 5. The lowest BCUT2D eigenvalue weighted by molar-refractivity contribution is -0.131. The molecule has 0 spiro atoms. The first-order chi connectivity index (χ1) is 17.8. The van der Waals surface area contributed by atoms with Gasteiger partial charge in [-0.05, 0) is 74.6 Å². The van der Waals surface area contributed by atoms with Crippen molar-refractivity contribution in [2.24, 2.45) is 0 Å². The Labute approximate surface area is 217 Å². The van der Waals surface area contributed by atoms with E-state index in [-0.39, 0.29) is 11.5 Å². The minimum Gasteiger partial charge on any atom is -0.368 e. The van der Waals surface area contributed by atoms with E-state index in [0.717, 1.165) is 37.4 Å². The van der Waals surface area contributed by atoms with Crippen molar-refractivity contribution in [3.63, 3.8) is 0 Å². The molecule has 1 aliphatic heterocycles. The molecule has 8 nitrogen and oxygen atoms in total. The quantitative estimate of drug-likeness (QED) is 0.404. The predicted octanol–water partition coefficient (Wildman–Crippen LogP) is 3.79. The van der Waals surface area contributed by atoms with Gasteiger partial charge in [0, 0.05) is 62.8 Å². The molecule has 0 unspecified atom stereocenters. The molecular weight excluding hydrogens is 464 g/mol. The molecule has 0 saturated carbocycles. The second kappa shape index (κ2) is 10.2. The molecule has 1 amide bonds. The van der Waals surface area contributed by atoms with E-state index >= 15 is 0 Å². The molecule has 0 radical (unpaired) electrons. The molecule has 1 fully saturated rings. The first-order valence-electron chi connectivity index (χ1n) is 13.0. The summed E-state index contributed by atoms with van der Waals surface area (Å²) in [6, 6.07) is 12.3. The molecule has 1 aliphatic rings. The van der Waals surface area contributed by atoms with Crippen molar-refractivity contribution in [2.75, 3.05) is 31.1 Å². The van der Waals surface area contributed by atoms with Gasteiger partial charge in [0.15, 0.2) is 0 Å². The number of anilines is 1. The summed E-state index contributed by atoms with van der Waals surface area (Å²) in [5.41, 5.74) is 7.07. The Morgan fingerprint density at radius 2 is 1.68 bits per heavy atom. The Hall–Kier alpha value is -3.94. The van der Waals surface area contributed by atoms with Crippen molar-refractivity contribution < 1.29 is 4.79 Å².